The van der Waals surface area contributed by atoms with Crippen molar-refractivity contribution in [1.82, 2.24) is 4.90 Å². The maximum absolute atomic E-state index is 12.6. The Labute approximate surface area is 180 Å². The van der Waals surface area contributed by atoms with Crippen molar-refractivity contribution in [3.05, 3.63) is 56.9 Å². The van der Waals surface area contributed by atoms with Gasteiger partial charge in [-0.3, -0.25) is 9.69 Å². The van der Waals surface area contributed by atoms with Crippen molar-refractivity contribution < 1.29 is 24.2 Å². The van der Waals surface area contributed by atoms with Gasteiger partial charge >= 0.3 is 5.97 Å². The summed E-state index contributed by atoms with van der Waals surface area (Å²) < 4.78 is 11.4. The number of rotatable bonds is 5. The second-order valence-corrected chi connectivity index (χ2v) is 7.81. The number of carbonyl (C=O) groups is 2. The van der Waals surface area contributed by atoms with Crippen LogP contribution >= 0.6 is 27.7 Å². The summed E-state index contributed by atoms with van der Waals surface area (Å²) in [5.41, 5.74) is 1.50. The van der Waals surface area contributed by atoms with E-state index in [1.807, 2.05) is 0 Å². The molecule has 29 heavy (non-hydrogen) atoms. The average molecular weight is 477 g/mol. The fourth-order valence-electron chi connectivity index (χ4n) is 2.56. The third-order valence-corrected chi connectivity index (χ3v) is 5.88. The molecule has 0 bridgehead atoms. The van der Waals surface area contributed by atoms with Crippen molar-refractivity contribution in [3.8, 4) is 11.5 Å². The molecule has 0 saturated carbocycles. The van der Waals surface area contributed by atoms with Crippen LogP contribution in [0.3, 0.4) is 0 Å². The molecule has 1 amide bonds. The number of carbonyl (C=O) groups excluding carboxylic acids is 1. The summed E-state index contributed by atoms with van der Waals surface area (Å²) in [5, 5.41) is 9.48. The first-order valence-electron chi connectivity index (χ1n) is 8.35. The first-order valence-corrected chi connectivity index (χ1v) is 9.96. The van der Waals surface area contributed by atoms with E-state index in [2.05, 4.69) is 20.9 Å². The molecular weight excluding hydrogens is 460 g/mol. The van der Waals surface area contributed by atoms with Gasteiger partial charge in [-0.25, -0.2) is 9.79 Å². The molecule has 0 aliphatic carbocycles. The Bertz CT molecular complexity index is 1030. The smallest absolute Gasteiger partial charge is 0.335 e. The van der Waals surface area contributed by atoms with Crippen LogP contribution in [0.25, 0.3) is 6.08 Å². The number of nitrogens with zero attached hydrogens (tertiary/aromatic N) is 2. The van der Waals surface area contributed by atoms with E-state index in [-0.39, 0.29) is 11.5 Å². The molecule has 0 unspecified atom stereocenters. The second-order valence-electron chi connectivity index (χ2n) is 5.95. The number of amides is 1. The Hall–Kier alpha value is -2.78. The molecule has 7 nitrogen and oxygen atoms in total. The van der Waals surface area contributed by atoms with E-state index in [1.54, 1.807) is 51.6 Å². The summed E-state index contributed by atoms with van der Waals surface area (Å²) in [5.74, 6) is -0.0510. The van der Waals surface area contributed by atoms with Crippen molar-refractivity contribution in [1.29, 1.82) is 0 Å². The van der Waals surface area contributed by atoms with Gasteiger partial charge in [0.1, 0.15) is 0 Å². The predicted molar refractivity (Wildman–Crippen MR) is 116 cm³/mol. The first-order chi connectivity index (χ1) is 13.8. The lowest BCUT2D eigenvalue weighted by molar-refractivity contribution is -0.121. The second kappa shape index (κ2) is 8.71. The van der Waals surface area contributed by atoms with Crippen molar-refractivity contribution in [2.45, 2.75) is 0 Å². The van der Waals surface area contributed by atoms with Crippen LogP contribution in [0, 0.1) is 0 Å². The van der Waals surface area contributed by atoms with E-state index in [0.29, 0.717) is 27.3 Å². The van der Waals surface area contributed by atoms with Crippen LogP contribution in [-0.4, -0.2) is 48.3 Å². The molecule has 1 aliphatic heterocycles. The van der Waals surface area contributed by atoms with Gasteiger partial charge in [-0.15, -0.1) is 0 Å². The molecule has 0 aromatic heterocycles. The Kier molecular flexibility index (Phi) is 6.29. The Morgan fingerprint density at radius 2 is 1.79 bits per heavy atom. The molecule has 1 heterocycles. The number of aliphatic imine (C=N–C) groups is 1. The third kappa shape index (κ3) is 4.46. The summed E-state index contributed by atoms with van der Waals surface area (Å²) in [4.78, 5) is 30.0. The molecule has 0 spiro atoms. The van der Waals surface area contributed by atoms with E-state index < -0.39 is 5.97 Å². The number of benzene rings is 2. The number of carboxylic acids is 1. The van der Waals surface area contributed by atoms with Crippen molar-refractivity contribution in [3.63, 3.8) is 0 Å². The highest BCUT2D eigenvalue weighted by atomic mass is 79.9. The number of halogens is 1. The van der Waals surface area contributed by atoms with Crippen molar-refractivity contribution in [2.75, 3.05) is 21.3 Å². The lowest BCUT2D eigenvalue weighted by Crippen LogP contribution is -2.23. The highest BCUT2D eigenvalue weighted by Gasteiger charge is 2.30. The van der Waals surface area contributed by atoms with Gasteiger partial charge in [-0.1, -0.05) is 15.9 Å². The lowest BCUT2D eigenvalue weighted by atomic mass is 10.2. The quantitative estimate of drug-likeness (QED) is 0.643. The van der Waals surface area contributed by atoms with E-state index in [4.69, 9.17) is 14.6 Å². The lowest BCUT2D eigenvalue weighted by Gasteiger charge is -2.10. The molecular formula is C20H17BrN2O5S. The van der Waals surface area contributed by atoms with Gasteiger partial charge in [0.25, 0.3) is 5.91 Å². The zero-order valence-corrected chi connectivity index (χ0v) is 18.2. The molecule has 3 rings (SSSR count). The number of carboxylic acid groups (broad SMARTS) is 1. The largest absolute Gasteiger partial charge is 0.493 e. The van der Waals surface area contributed by atoms with Gasteiger partial charge in [-0.05, 0) is 59.8 Å². The standard InChI is InChI=1S/C20H17BrN2O5S/c1-23-18(24)17(9-12-8-15(27-2)16(28-3)10-14(12)21)29-20(23)22-13-6-4-11(5-7-13)19(25)26/h4-10H,1-3H3,(H,25,26). The molecule has 0 atom stereocenters. The minimum absolute atomic E-state index is 0.177. The van der Waals surface area contributed by atoms with Crippen LogP contribution in [-0.2, 0) is 4.79 Å². The average Bonchev–Trinajstić information content (AvgIpc) is 2.97. The van der Waals surface area contributed by atoms with Crippen molar-refractivity contribution in [2.24, 2.45) is 4.99 Å². The maximum atomic E-state index is 12.6. The van der Waals surface area contributed by atoms with Crippen LogP contribution < -0.4 is 9.47 Å². The Morgan fingerprint density at radius 1 is 1.17 bits per heavy atom. The molecule has 150 valence electrons. The van der Waals surface area contributed by atoms with Crippen LogP contribution in [0.15, 0.2) is 50.8 Å². The van der Waals surface area contributed by atoms with Gasteiger partial charge in [0.2, 0.25) is 0 Å². The Morgan fingerprint density at radius 3 is 2.38 bits per heavy atom. The SMILES string of the molecule is COc1cc(Br)c(C=C2SC(=Nc3ccc(C(=O)O)cc3)N(C)C2=O)cc1OC. The molecule has 1 saturated heterocycles. The molecule has 0 radical (unpaired) electrons. The first kappa shape index (κ1) is 20.9. The molecule has 1 fully saturated rings. The van der Waals surface area contributed by atoms with E-state index in [1.165, 1.54) is 28.8 Å². The number of likely N-dealkylation sites (N-methyl/N-ethyl adjacent to an activating group) is 1. The van der Waals surface area contributed by atoms with E-state index in [0.717, 1.165) is 10.0 Å². The van der Waals surface area contributed by atoms with Crippen LogP contribution in [0.1, 0.15) is 15.9 Å². The van der Waals surface area contributed by atoms with Crippen LogP contribution in [0.5, 0.6) is 11.5 Å². The minimum atomic E-state index is -1.00. The number of aromatic carboxylic acids is 1. The summed E-state index contributed by atoms with van der Waals surface area (Å²) in [7, 11) is 4.75. The molecule has 1 aliphatic rings. The molecule has 2 aromatic carbocycles. The topological polar surface area (TPSA) is 88.4 Å². The maximum Gasteiger partial charge on any atom is 0.335 e. The number of amidine groups is 1. The molecule has 2 aromatic rings. The molecule has 1 N–H and O–H groups in total. The number of thioether (sulfide) groups is 1. The van der Waals surface area contributed by atoms with Crippen LogP contribution in [0.4, 0.5) is 5.69 Å². The van der Waals surface area contributed by atoms with E-state index in [9.17, 15) is 9.59 Å². The zero-order chi connectivity index (χ0) is 21.1. The summed E-state index contributed by atoms with van der Waals surface area (Å²) in [6.45, 7) is 0. The third-order valence-electron chi connectivity index (χ3n) is 4.13. The number of ether oxygens (including phenoxy) is 2. The highest BCUT2D eigenvalue weighted by Crippen LogP contribution is 2.38. The highest BCUT2D eigenvalue weighted by molar-refractivity contribution is 9.10. The predicted octanol–water partition coefficient (Wildman–Crippen LogP) is 4.40. The van der Waals surface area contributed by atoms with Gasteiger partial charge in [0.15, 0.2) is 16.7 Å². The monoisotopic (exact) mass is 476 g/mol. The minimum Gasteiger partial charge on any atom is -0.493 e. The fourth-order valence-corrected chi connectivity index (χ4v) is 3.98. The zero-order valence-electron chi connectivity index (χ0n) is 15.8. The summed E-state index contributed by atoms with van der Waals surface area (Å²) in [6.07, 6.45) is 1.76. The van der Waals surface area contributed by atoms with Gasteiger partial charge in [0, 0.05) is 11.5 Å². The number of hydrogen-bond donors (Lipinski definition) is 1. The molecule has 9 heteroatoms. The number of methoxy groups -OCH3 is 2. The van der Waals surface area contributed by atoms with Crippen molar-refractivity contribution >= 4 is 56.5 Å². The van der Waals surface area contributed by atoms with Gasteiger partial charge < -0.3 is 14.6 Å². The summed E-state index contributed by atoms with van der Waals surface area (Å²) in [6, 6.07) is 9.70. The van der Waals surface area contributed by atoms with Gasteiger partial charge in [-0.2, -0.15) is 0 Å². The normalized spacial score (nSPS) is 16.6. The van der Waals surface area contributed by atoms with Crippen LogP contribution in [0.2, 0.25) is 0 Å². The summed E-state index contributed by atoms with van der Waals surface area (Å²) >= 11 is 4.73. The van der Waals surface area contributed by atoms with Gasteiger partial charge in [0.05, 0.1) is 30.4 Å². The Balaban J connectivity index is 1.91. The van der Waals surface area contributed by atoms with E-state index >= 15 is 0 Å². The number of hydrogen-bond acceptors (Lipinski definition) is 6. The fraction of sp³-hybridized carbons (Fsp3) is 0.150.